The Balaban J connectivity index is 0.000000251. The lowest BCUT2D eigenvalue weighted by Crippen LogP contribution is -2.12. The Labute approximate surface area is 297 Å². The molecule has 0 radical (unpaired) electrons. The van der Waals surface area contributed by atoms with E-state index in [9.17, 15) is 35.9 Å². The first-order valence-corrected chi connectivity index (χ1v) is 15.4. The number of anilines is 1. The highest BCUT2D eigenvalue weighted by molar-refractivity contribution is 7.94. The van der Waals surface area contributed by atoms with Crippen LogP contribution in [0.15, 0.2) is 126 Å². The molecule has 0 aliphatic heterocycles. The van der Waals surface area contributed by atoms with E-state index in [0.717, 1.165) is 36.3 Å². The van der Waals surface area contributed by atoms with E-state index in [2.05, 4.69) is 38.3 Å². The number of carboxylic acids is 1. The molecule has 5 aromatic rings. The minimum absolute atomic E-state index is 0.125. The fraction of sp³-hybridized carbons (Fsp3) is 0.0526. The van der Waals surface area contributed by atoms with Gasteiger partial charge in [0.1, 0.15) is 0 Å². The maximum absolute atomic E-state index is 12.8. The Morgan fingerprint density at radius 2 is 1.08 bits per heavy atom. The van der Waals surface area contributed by atoms with Gasteiger partial charge < -0.3 is 10.4 Å². The van der Waals surface area contributed by atoms with Gasteiger partial charge in [-0.15, -0.1) is 9.32 Å². The number of carboxylic acid groups (broad SMARTS) is 1. The molecule has 52 heavy (non-hydrogen) atoms. The first kappa shape index (κ1) is 38.8. The Morgan fingerprint density at radius 1 is 0.615 bits per heavy atom. The van der Waals surface area contributed by atoms with Crippen molar-refractivity contribution in [2.24, 2.45) is 5.90 Å². The summed E-state index contributed by atoms with van der Waals surface area (Å²) < 4.78 is 80.6. The van der Waals surface area contributed by atoms with Gasteiger partial charge in [0, 0.05) is 27.8 Å². The smallest absolute Gasteiger partial charge is 0.416 e. The third-order valence-corrected chi connectivity index (χ3v) is 7.34. The molecule has 0 heterocycles. The molecule has 5 rings (SSSR count). The van der Waals surface area contributed by atoms with Gasteiger partial charge in [0.2, 0.25) is 0 Å². The highest BCUT2D eigenvalue weighted by Crippen LogP contribution is 2.31. The number of rotatable bonds is 6. The number of hydrogen-bond acceptors (Lipinski definition) is 6. The molecule has 14 heteroatoms. The summed E-state index contributed by atoms with van der Waals surface area (Å²) in [5.74, 6) is 14.2. The fourth-order valence-corrected chi connectivity index (χ4v) is 4.59. The molecule has 0 aromatic heterocycles. The van der Waals surface area contributed by atoms with E-state index < -0.39 is 29.4 Å². The zero-order valence-corrected chi connectivity index (χ0v) is 27.2. The van der Waals surface area contributed by atoms with E-state index in [1.165, 1.54) is 48.5 Å². The van der Waals surface area contributed by atoms with E-state index in [1.54, 1.807) is 48.5 Å². The van der Waals surface area contributed by atoms with Crippen LogP contribution in [0.25, 0.3) is 0 Å². The molecule has 0 bridgehead atoms. The van der Waals surface area contributed by atoms with Gasteiger partial charge >= 0.3 is 18.3 Å². The molecule has 0 atom stereocenters. The van der Waals surface area contributed by atoms with Crippen LogP contribution in [0, 0.1) is 23.7 Å². The summed E-state index contributed by atoms with van der Waals surface area (Å²) in [6, 6.07) is 28.6. The van der Waals surface area contributed by atoms with Crippen molar-refractivity contribution in [3.05, 3.63) is 166 Å². The lowest BCUT2D eigenvalue weighted by molar-refractivity contribution is -0.195. The molecule has 0 saturated heterocycles. The van der Waals surface area contributed by atoms with Crippen molar-refractivity contribution < 1.29 is 50.4 Å². The third kappa shape index (κ3) is 11.8. The molecule has 0 unspecified atom stereocenters. The molecule has 7 nitrogen and oxygen atoms in total. The molecule has 1 amide bonds. The van der Waals surface area contributed by atoms with Crippen LogP contribution in [0.3, 0.4) is 0 Å². The number of hydrogen-bond donors (Lipinski definition) is 3. The quantitative estimate of drug-likeness (QED) is 0.0525. The SMILES string of the molecule is NOOSc1ccccc1NC(=O)c1ccc(C#Cc2cccc(C(F)(F)F)c2)cc1.O=C(O)c1ccc(C#Cc2cccc(C(F)(F)F)c2)cc1. The van der Waals surface area contributed by atoms with Crippen LogP contribution in [0.5, 0.6) is 0 Å². The zero-order chi connectivity index (χ0) is 37.7. The van der Waals surface area contributed by atoms with Crippen LogP contribution in [-0.2, 0) is 21.7 Å². The van der Waals surface area contributed by atoms with E-state index in [4.69, 9.17) is 11.0 Å². The Morgan fingerprint density at radius 3 is 1.54 bits per heavy atom. The molecular formula is C38H24F6N2O5S. The minimum atomic E-state index is -4.42. The molecule has 0 aliphatic rings. The van der Waals surface area contributed by atoms with Crippen molar-refractivity contribution in [2.45, 2.75) is 17.2 Å². The van der Waals surface area contributed by atoms with Crippen LogP contribution in [0.1, 0.15) is 54.1 Å². The monoisotopic (exact) mass is 734 g/mol. The summed E-state index contributed by atoms with van der Waals surface area (Å²) in [4.78, 5) is 27.8. The molecule has 4 N–H and O–H groups in total. The summed E-state index contributed by atoms with van der Waals surface area (Å²) in [6.45, 7) is 0. The second-order valence-corrected chi connectivity index (χ2v) is 11.1. The molecule has 0 fully saturated rings. The number of carbonyl (C=O) groups is 2. The lowest BCUT2D eigenvalue weighted by Gasteiger charge is -2.09. The number of aromatic carboxylic acids is 1. The number of para-hydroxylation sites is 1. The van der Waals surface area contributed by atoms with Crippen LogP contribution in [-0.4, -0.2) is 17.0 Å². The second kappa shape index (κ2) is 17.8. The van der Waals surface area contributed by atoms with Crippen molar-refractivity contribution in [2.75, 3.05) is 5.32 Å². The van der Waals surface area contributed by atoms with Crippen LogP contribution in [0.4, 0.5) is 32.0 Å². The number of carbonyl (C=O) groups excluding carboxylic acids is 1. The number of nitrogens with two attached hydrogens (primary N) is 1. The molecule has 0 saturated carbocycles. The van der Waals surface area contributed by atoms with Crippen LogP contribution in [0.2, 0.25) is 0 Å². The standard InChI is InChI=1S/C22H15F3N2O3S.C16H9F3O2/c23-22(24,25)18-5-3-4-16(14-18)9-8-15-10-12-17(13-11-15)21(28)27-19-6-1-2-7-20(19)31-30-29-26;17-16(18,19)14-3-1-2-12(10-14)5-4-11-6-8-13(9-7-11)15(20)21/h1-7,10-14H,26H2,(H,27,28);1-3,6-10H,(H,20,21). The summed E-state index contributed by atoms with van der Waals surface area (Å²) in [7, 11) is 0. The average molecular weight is 735 g/mol. The number of benzene rings is 5. The molecule has 0 aliphatic carbocycles. The molecule has 0 spiro atoms. The lowest BCUT2D eigenvalue weighted by atomic mass is 10.1. The van der Waals surface area contributed by atoms with Crippen molar-refractivity contribution in [3.8, 4) is 23.7 Å². The van der Waals surface area contributed by atoms with E-state index in [-0.39, 0.29) is 22.6 Å². The van der Waals surface area contributed by atoms with Gasteiger partial charge in [-0.1, -0.05) is 47.9 Å². The Bertz CT molecular complexity index is 2150. The predicted molar refractivity (Wildman–Crippen MR) is 181 cm³/mol. The van der Waals surface area contributed by atoms with E-state index in [1.807, 2.05) is 0 Å². The van der Waals surface area contributed by atoms with Gasteiger partial charge in [-0.2, -0.15) is 32.2 Å². The highest BCUT2D eigenvalue weighted by atomic mass is 32.2. The third-order valence-electron chi connectivity index (χ3n) is 6.66. The maximum atomic E-state index is 12.8. The first-order valence-electron chi connectivity index (χ1n) is 14.7. The highest BCUT2D eigenvalue weighted by Gasteiger charge is 2.31. The number of amides is 1. The van der Waals surface area contributed by atoms with Gasteiger partial charge in [0.05, 0.1) is 39.3 Å². The van der Waals surface area contributed by atoms with Gasteiger partial charge in [0.15, 0.2) is 0 Å². The van der Waals surface area contributed by atoms with E-state index in [0.29, 0.717) is 27.3 Å². The van der Waals surface area contributed by atoms with Crippen LogP contribution < -0.4 is 11.2 Å². The number of halogens is 6. The summed E-state index contributed by atoms with van der Waals surface area (Å²) in [6.07, 6.45) is -8.83. The van der Waals surface area contributed by atoms with Gasteiger partial charge in [0.25, 0.3) is 5.91 Å². The summed E-state index contributed by atoms with van der Waals surface area (Å²) >= 11 is 0.843. The van der Waals surface area contributed by atoms with E-state index >= 15 is 0 Å². The summed E-state index contributed by atoms with van der Waals surface area (Å²) in [5, 5.41) is 11.5. The Hall–Kier alpha value is -6.03. The minimum Gasteiger partial charge on any atom is -0.478 e. The molecule has 5 aromatic carbocycles. The van der Waals surface area contributed by atoms with Crippen molar-refractivity contribution in [1.82, 2.24) is 0 Å². The number of nitrogens with one attached hydrogen (secondary N) is 1. The van der Waals surface area contributed by atoms with Gasteiger partial charge in [-0.05, 0) is 97.1 Å². The molecule has 264 valence electrons. The number of alkyl halides is 6. The van der Waals surface area contributed by atoms with Gasteiger partial charge in [-0.3, -0.25) is 4.79 Å². The van der Waals surface area contributed by atoms with Crippen molar-refractivity contribution in [1.29, 1.82) is 0 Å². The Kier molecular flexibility index (Phi) is 13.2. The first-order chi connectivity index (χ1) is 24.7. The predicted octanol–water partition coefficient (Wildman–Crippen LogP) is 8.99. The summed E-state index contributed by atoms with van der Waals surface area (Å²) in [5.41, 5.74) is 1.06. The van der Waals surface area contributed by atoms with Crippen molar-refractivity contribution >= 4 is 29.6 Å². The van der Waals surface area contributed by atoms with Crippen LogP contribution >= 0.6 is 12.0 Å². The topological polar surface area (TPSA) is 111 Å². The normalized spacial score (nSPS) is 10.8. The fourth-order valence-electron chi connectivity index (χ4n) is 4.13. The average Bonchev–Trinajstić information content (AvgIpc) is 3.13. The molecular weight excluding hydrogens is 710 g/mol. The second-order valence-electron chi connectivity index (χ2n) is 10.3. The van der Waals surface area contributed by atoms with Gasteiger partial charge in [-0.25, -0.2) is 4.79 Å². The maximum Gasteiger partial charge on any atom is 0.416 e. The zero-order valence-electron chi connectivity index (χ0n) is 26.4. The van der Waals surface area contributed by atoms with Crippen molar-refractivity contribution in [3.63, 3.8) is 0 Å². The largest absolute Gasteiger partial charge is 0.478 e.